The van der Waals surface area contributed by atoms with Gasteiger partial charge in [0.15, 0.2) is 0 Å². The van der Waals surface area contributed by atoms with Crippen LogP contribution >= 0.6 is 22.9 Å². The van der Waals surface area contributed by atoms with E-state index in [1.54, 1.807) is 23.2 Å². The molecule has 5 nitrogen and oxygen atoms in total. The van der Waals surface area contributed by atoms with Crippen molar-refractivity contribution in [2.45, 2.75) is 12.8 Å². The molecular formula is C20H18ClN3O2S. The number of halogens is 1. The van der Waals surface area contributed by atoms with Gasteiger partial charge in [-0.1, -0.05) is 17.7 Å². The van der Waals surface area contributed by atoms with Crippen LogP contribution in [0.2, 0.25) is 5.02 Å². The molecule has 2 aromatic heterocycles. The molecule has 0 bridgehead atoms. The quantitative estimate of drug-likeness (QED) is 0.708. The van der Waals surface area contributed by atoms with Gasteiger partial charge in [0, 0.05) is 24.7 Å². The fourth-order valence-corrected chi connectivity index (χ4v) is 4.32. The Morgan fingerprint density at radius 1 is 1.22 bits per heavy atom. The van der Waals surface area contributed by atoms with Gasteiger partial charge in [-0.2, -0.15) is 0 Å². The van der Waals surface area contributed by atoms with Gasteiger partial charge in [0.05, 0.1) is 27.0 Å². The van der Waals surface area contributed by atoms with Crippen molar-refractivity contribution in [3.8, 4) is 0 Å². The van der Waals surface area contributed by atoms with Gasteiger partial charge in [0.2, 0.25) is 5.91 Å². The first-order valence-electron chi connectivity index (χ1n) is 8.80. The Morgan fingerprint density at radius 2 is 2.11 bits per heavy atom. The molecule has 0 radical (unpaired) electrons. The average molecular weight is 400 g/mol. The number of thiophene rings is 1. The molecule has 0 saturated carbocycles. The number of anilines is 1. The second-order valence-corrected chi connectivity index (χ2v) is 7.91. The van der Waals surface area contributed by atoms with Crippen molar-refractivity contribution in [1.29, 1.82) is 0 Å². The summed E-state index contributed by atoms with van der Waals surface area (Å²) >= 11 is 7.63. The van der Waals surface area contributed by atoms with Crippen molar-refractivity contribution in [3.63, 3.8) is 0 Å². The van der Waals surface area contributed by atoms with Gasteiger partial charge < -0.3 is 10.2 Å². The first kappa shape index (κ1) is 17.9. The Balaban J connectivity index is 1.50. The molecule has 1 saturated heterocycles. The van der Waals surface area contributed by atoms with Crippen molar-refractivity contribution >= 4 is 51.3 Å². The van der Waals surface area contributed by atoms with Crippen LogP contribution in [0, 0.1) is 5.92 Å². The SMILES string of the molecule is O=C(Nc1ccc(Cl)c2ncccc12)C1CCCN(C(=O)c2cccs2)C1. The number of fused-ring (bicyclic) bond motifs is 1. The number of benzene rings is 1. The van der Waals surface area contributed by atoms with E-state index in [0.717, 1.165) is 18.2 Å². The zero-order valence-electron chi connectivity index (χ0n) is 14.5. The molecule has 1 aliphatic rings. The zero-order valence-corrected chi connectivity index (χ0v) is 16.1. The zero-order chi connectivity index (χ0) is 18.8. The molecule has 27 heavy (non-hydrogen) atoms. The van der Waals surface area contributed by atoms with Gasteiger partial charge in [-0.3, -0.25) is 14.6 Å². The Bertz CT molecular complexity index is 990. The van der Waals surface area contributed by atoms with Crippen LogP contribution in [0.25, 0.3) is 10.9 Å². The van der Waals surface area contributed by atoms with Crippen molar-refractivity contribution in [2.24, 2.45) is 5.92 Å². The lowest BCUT2D eigenvalue weighted by Gasteiger charge is -2.31. The van der Waals surface area contributed by atoms with E-state index in [1.807, 2.05) is 29.6 Å². The number of nitrogens with one attached hydrogen (secondary N) is 1. The second-order valence-electron chi connectivity index (χ2n) is 6.55. The van der Waals surface area contributed by atoms with E-state index >= 15 is 0 Å². The second kappa shape index (κ2) is 7.66. The molecule has 1 fully saturated rings. The standard InChI is InChI=1S/C20H18ClN3O2S/c21-15-7-8-16(14-5-1-9-22-18(14)15)23-19(25)13-4-2-10-24(12-13)20(26)17-6-3-11-27-17/h1,3,5-9,11,13H,2,4,10,12H2,(H,23,25). The van der Waals surface area contributed by atoms with Crippen LogP contribution in [0.3, 0.4) is 0 Å². The van der Waals surface area contributed by atoms with E-state index in [4.69, 9.17) is 11.6 Å². The fourth-order valence-electron chi connectivity index (χ4n) is 3.41. The number of nitrogens with zero attached hydrogens (tertiary/aromatic N) is 2. The summed E-state index contributed by atoms with van der Waals surface area (Å²) < 4.78 is 0. The summed E-state index contributed by atoms with van der Waals surface area (Å²) in [5, 5.41) is 6.25. The molecule has 3 aromatic rings. The Morgan fingerprint density at radius 3 is 2.93 bits per heavy atom. The number of carbonyl (C=O) groups is 2. The van der Waals surface area contributed by atoms with Crippen LogP contribution in [-0.4, -0.2) is 34.8 Å². The molecule has 1 aromatic carbocycles. The Hall–Kier alpha value is -2.44. The van der Waals surface area contributed by atoms with E-state index in [9.17, 15) is 9.59 Å². The smallest absolute Gasteiger partial charge is 0.263 e. The van der Waals surface area contributed by atoms with Gasteiger partial charge in [-0.25, -0.2) is 0 Å². The number of amides is 2. The van der Waals surface area contributed by atoms with Gasteiger partial charge in [0.25, 0.3) is 5.91 Å². The number of rotatable bonds is 3. The number of hydrogen-bond acceptors (Lipinski definition) is 4. The van der Waals surface area contributed by atoms with E-state index in [0.29, 0.717) is 34.2 Å². The largest absolute Gasteiger partial charge is 0.337 e. The summed E-state index contributed by atoms with van der Waals surface area (Å²) in [7, 11) is 0. The van der Waals surface area contributed by atoms with Crippen LogP contribution in [0.1, 0.15) is 22.5 Å². The first-order valence-corrected chi connectivity index (χ1v) is 10.1. The molecule has 0 spiro atoms. The third kappa shape index (κ3) is 3.68. The molecule has 0 aliphatic carbocycles. The monoisotopic (exact) mass is 399 g/mol. The molecule has 7 heteroatoms. The van der Waals surface area contributed by atoms with Gasteiger partial charge in [0.1, 0.15) is 0 Å². The molecule has 1 N–H and O–H groups in total. The third-order valence-electron chi connectivity index (χ3n) is 4.79. The number of carbonyl (C=O) groups excluding carboxylic acids is 2. The van der Waals surface area contributed by atoms with E-state index < -0.39 is 0 Å². The van der Waals surface area contributed by atoms with Gasteiger partial charge in [-0.15, -0.1) is 11.3 Å². The maximum atomic E-state index is 12.9. The number of likely N-dealkylation sites (tertiary alicyclic amines) is 1. The summed E-state index contributed by atoms with van der Waals surface area (Å²) in [6.45, 7) is 1.13. The lowest BCUT2D eigenvalue weighted by Crippen LogP contribution is -2.43. The highest BCUT2D eigenvalue weighted by atomic mass is 35.5. The molecule has 1 atom stereocenters. The van der Waals surface area contributed by atoms with Crippen molar-refractivity contribution in [2.75, 3.05) is 18.4 Å². The summed E-state index contributed by atoms with van der Waals surface area (Å²) in [6.07, 6.45) is 3.26. The maximum absolute atomic E-state index is 12.9. The van der Waals surface area contributed by atoms with Crippen LogP contribution in [-0.2, 0) is 4.79 Å². The Kier molecular flexibility index (Phi) is 5.09. The van der Waals surface area contributed by atoms with Crippen molar-refractivity contribution < 1.29 is 9.59 Å². The number of aromatic nitrogens is 1. The predicted molar refractivity (Wildman–Crippen MR) is 108 cm³/mol. The molecule has 1 aliphatic heterocycles. The number of hydrogen-bond donors (Lipinski definition) is 1. The predicted octanol–water partition coefficient (Wildman–Crippen LogP) is 4.44. The van der Waals surface area contributed by atoms with Gasteiger partial charge >= 0.3 is 0 Å². The van der Waals surface area contributed by atoms with Crippen LogP contribution in [0.4, 0.5) is 5.69 Å². The minimum atomic E-state index is -0.231. The van der Waals surface area contributed by atoms with Crippen molar-refractivity contribution in [1.82, 2.24) is 9.88 Å². The van der Waals surface area contributed by atoms with Crippen LogP contribution in [0.15, 0.2) is 48.0 Å². The molecule has 4 rings (SSSR count). The first-order chi connectivity index (χ1) is 13.1. The summed E-state index contributed by atoms with van der Waals surface area (Å²) in [6, 6.07) is 10.9. The highest BCUT2D eigenvalue weighted by Gasteiger charge is 2.29. The van der Waals surface area contributed by atoms with E-state index in [2.05, 4.69) is 10.3 Å². The normalized spacial score (nSPS) is 17.1. The van der Waals surface area contributed by atoms with Crippen molar-refractivity contribution in [3.05, 3.63) is 57.9 Å². The average Bonchev–Trinajstić information content (AvgIpc) is 3.24. The molecule has 2 amide bonds. The minimum absolute atomic E-state index is 0.00337. The summed E-state index contributed by atoms with van der Waals surface area (Å²) in [4.78, 5) is 32.2. The molecule has 3 heterocycles. The number of piperidine rings is 1. The lowest BCUT2D eigenvalue weighted by molar-refractivity contribution is -0.121. The summed E-state index contributed by atoms with van der Waals surface area (Å²) in [5.41, 5.74) is 1.35. The molecule has 1 unspecified atom stereocenters. The highest BCUT2D eigenvalue weighted by molar-refractivity contribution is 7.12. The summed E-state index contributed by atoms with van der Waals surface area (Å²) in [5.74, 6) is -0.306. The van der Waals surface area contributed by atoms with Gasteiger partial charge in [-0.05, 0) is 48.6 Å². The van der Waals surface area contributed by atoms with Crippen LogP contribution in [0.5, 0.6) is 0 Å². The van der Waals surface area contributed by atoms with Crippen LogP contribution < -0.4 is 5.32 Å². The highest BCUT2D eigenvalue weighted by Crippen LogP contribution is 2.29. The molecule has 138 valence electrons. The minimum Gasteiger partial charge on any atom is -0.337 e. The lowest BCUT2D eigenvalue weighted by atomic mass is 9.96. The topological polar surface area (TPSA) is 62.3 Å². The number of pyridine rings is 1. The van der Waals surface area contributed by atoms with E-state index in [-0.39, 0.29) is 17.7 Å². The molecular weight excluding hydrogens is 382 g/mol. The Labute approximate surface area is 166 Å². The fraction of sp³-hybridized carbons (Fsp3) is 0.250. The maximum Gasteiger partial charge on any atom is 0.263 e. The third-order valence-corrected chi connectivity index (χ3v) is 5.95. The van der Waals surface area contributed by atoms with E-state index in [1.165, 1.54) is 11.3 Å².